The highest BCUT2D eigenvalue weighted by atomic mass is 35.5. The van der Waals surface area contributed by atoms with E-state index in [2.05, 4.69) is 25.6 Å². The number of alkyl halides is 3. The van der Waals surface area contributed by atoms with E-state index in [4.69, 9.17) is 21.1 Å². The lowest BCUT2D eigenvalue weighted by molar-refractivity contribution is -0.137. The standard InChI is InChI=1S/C20H17ClF3N5O2/c21-13-4-6-15(7-5-13)31-19-28-17(16-11-25-8-9-30-16)27-18(29-19)26-14-3-1-2-12(10-14)20(22,23)24/h1-7,10,16,25H,8-9,11H2,(H,26,27,28,29). The third-order valence-corrected chi connectivity index (χ3v) is 4.57. The summed E-state index contributed by atoms with van der Waals surface area (Å²) >= 11 is 5.89. The summed E-state index contributed by atoms with van der Waals surface area (Å²) in [5.74, 6) is 0.761. The number of anilines is 2. The summed E-state index contributed by atoms with van der Waals surface area (Å²) in [6.45, 7) is 1.65. The van der Waals surface area contributed by atoms with E-state index in [1.54, 1.807) is 24.3 Å². The van der Waals surface area contributed by atoms with Gasteiger partial charge >= 0.3 is 12.2 Å². The average Bonchev–Trinajstić information content (AvgIpc) is 2.75. The molecule has 0 saturated carbocycles. The lowest BCUT2D eigenvalue weighted by Crippen LogP contribution is -2.34. The second-order valence-corrected chi connectivity index (χ2v) is 7.06. The van der Waals surface area contributed by atoms with Crippen LogP contribution in [0.4, 0.5) is 24.8 Å². The van der Waals surface area contributed by atoms with Crippen LogP contribution in [0, 0.1) is 0 Å². The maximum atomic E-state index is 13.0. The molecular formula is C20H17ClF3N5O2. The number of nitrogens with zero attached hydrogens (tertiary/aromatic N) is 3. The van der Waals surface area contributed by atoms with Crippen LogP contribution in [0.15, 0.2) is 48.5 Å². The summed E-state index contributed by atoms with van der Waals surface area (Å²) in [4.78, 5) is 12.8. The van der Waals surface area contributed by atoms with Crippen LogP contribution in [0.25, 0.3) is 0 Å². The third kappa shape index (κ3) is 5.60. The lowest BCUT2D eigenvalue weighted by Gasteiger charge is -2.22. The normalized spacial score (nSPS) is 16.7. The van der Waals surface area contributed by atoms with Crippen molar-refractivity contribution in [1.29, 1.82) is 0 Å². The summed E-state index contributed by atoms with van der Waals surface area (Å²) < 4.78 is 50.5. The van der Waals surface area contributed by atoms with Crippen LogP contribution in [-0.2, 0) is 10.9 Å². The molecule has 0 bridgehead atoms. The molecule has 0 amide bonds. The minimum atomic E-state index is -4.47. The molecule has 1 fully saturated rings. The minimum absolute atomic E-state index is 0.0301. The Balaban J connectivity index is 1.64. The Bertz CT molecular complexity index is 1040. The number of hydrogen-bond acceptors (Lipinski definition) is 7. The molecule has 4 rings (SSSR count). The first-order valence-corrected chi connectivity index (χ1v) is 9.70. The maximum Gasteiger partial charge on any atom is 0.416 e. The highest BCUT2D eigenvalue weighted by molar-refractivity contribution is 6.30. The maximum absolute atomic E-state index is 13.0. The second kappa shape index (κ2) is 9.04. The molecule has 1 unspecified atom stereocenters. The van der Waals surface area contributed by atoms with E-state index in [1.807, 2.05) is 0 Å². The monoisotopic (exact) mass is 451 g/mol. The van der Waals surface area contributed by atoms with Gasteiger partial charge in [0.1, 0.15) is 11.9 Å². The fourth-order valence-corrected chi connectivity index (χ4v) is 2.99. The van der Waals surface area contributed by atoms with Crippen molar-refractivity contribution in [1.82, 2.24) is 20.3 Å². The van der Waals surface area contributed by atoms with E-state index in [0.717, 1.165) is 12.1 Å². The average molecular weight is 452 g/mol. The molecule has 2 heterocycles. The van der Waals surface area contributed by atoms with Crippen molar-refractivity contribution >= 4 is 23.2 Å². The lowest BCUT2D eigenvalue weighted by atomic mass is 10.2. The van der Waals surface area contributed by atoms with E-state index < -0.39 is 17.8 Å². The summed E-state index contributed by atoms with van der Waals surface area (Å²) in [6, 6.07) is 11.3. The zero-order valence-corrected chi connectivity index (χ0v) is 16.7. The minimum Gasteiger partial charge on any atom is -0.424 e. The molecule has 1 aliphatic rings. The highest BCUT2D eigenvalue weighted by Crippen LogP contribution is 2.31. The number of nitrogens with one attached hydrogen (secondary N) is 2. The molecular weight excluding hydrogens is 435 g/mol. The first-order valence-electron chi connectivity index (χ1n) is 9.33. The first-order chi connectivity index (χ1) is 14.9. The number of morpholine rings is 1. The SMILES string of the molecule is FC(F)(F)c1cccc(Nc2nc(Oc3ccc(Cl)cc3)nc(C3CNCCO3)n2)c1. The van der Waals surface area contributed by atoms with Gasteiger partial charge in [-0.1, -0.05) is 17.7 Å². The molecule has 0 radical (unpaired) electrons. The quantitative estimate of drug-likeness (QED) is 0.579. The molecule has 2 aromatic carbocycles. The summed E-state index contributed by atoms with van der Waals surface area (Å²) in [7, 11) is 0. The molecule has 162 valence electrons. The van der Waals surface area contributed by atoms with Gasteiger partial charge in [-0.25, -0.2) is 0 Å². The summed E-state index contributed by atoms with van der Waals surface area (Å²) in [5.41, 5.74) is -0.615. The number of aromatic nitrogens is 3. The second-order valence-electron chi connectivity index (χ2n) is 6.62. The van der Waals surface area contributed by atoms with Gasteiger partial charge in [-0.2, -0.15) is 28.1 Å². The van der Waals surface area contributed by atoms with Gasteiger partial charge in [0.2, 0.25) is 5.95 Å². The van der Waals surface area contributed by atoms with E-state index in [-0.39, 0.29) is 17.6 Å². The van der Waals surface area contributed by atoms with Crippen molar-refractivity contribution in [2.45, 2.75) is 12.3 Å². The van der Waals surface area contributed by atoms with Crippen LogP contribution >= 0.6 is 11.6 Å². The third-order valence-electron chi connectivity index (χ3n) is 4.32. The fourth-order valence-electron chi connectivity index (χ4n) is 2.86. The van der Waals surface area contributed by atoms with Crippen LogP contribution in [0.2, 0.25) is 5.02 Å². The molecule has 0 spiro atoms. The van der Waals surface area contributed by atoms with Gasteiger partial charge in [-0.3, -0.25) is 0 Å². The smallest absolute Gasteiger partial charge is 0.416 e. The molecule has 0 aliphatic carbocycles. The Labute approximate surface area is 180 Å². The number of rotatable bonds is 5. The molecule has 1 aliphatic heterocycles. The molecule has 2 N–H and O–H groups in total. The molecule has 1 atom stereocenters. The number of ether oxygens (including phenoxy) is 2. The molecule has 3 aromatic rings. The Morgan fingerprint density at radius 3 is 2.61 bits per heavy atom. The van der Waals surface area contributed by atoms with Gasteiger partial charge in [0.25, 0.3) is 0 Å². The van der Waals surface area contributed by atoms with E-state index in [9.17, 15) is 13.2 Å². The Morgan fingerprint density at radius 2 is 1.90 bits per heavy atom. The topological polar surface area (TPSA) is 81.2 Å². The Hall–Kier alpha value is -2.95. The van der Waals surface area contributed by atoms with E-state index in [1.165, 1.54) is 12.1 Å². The molecule has 1 saturated heterocycles. The van der Waals surface area contributed by atoms with Crippen molar-refractivity contribution < 1.29 is 22.6 Å². The van der Waals surface area contributed by atoms with Gasteiger partial charge in [-0.15, -0.1) is 0 Å². The summed E-state index contributed by atoms with van der Waals surface area (Å²) in [5, 5.41) is 6.51. The first kappa shape index (κ1) is 21.3. The predicted octanol–water partition coefficient (Wildman–Crippen LogP) is 4.74. The number of halogens is 4. The summed E-state index contributed by atoms with van der Waals surface area (Å²) in [6.07, 6.45) is -4.92. The van der Waals surface area contributed by atoms with Crippen LogP contribution in [0.3, 0.4) is 0 Å². The number of benzene rings is 2. The molecule has 31 heavy (non-hydrogen) atoms. The van der Waals surface area contributed by atoms with Crippen molar-refractivity contribution in [3.63, 3.8) is 0 Å². The van der Waals surface area contributed by atoms with Crippen LogP contribution < -0.4 is 15.4 Å². The molecule has 1 aromatic heterocycles. The van der Waals surface area contributed by atoms with Crippen LogP contribution in [0.5, 0.6) is 11.8 Å². The molecule has 7 nitrogen and oxygen atoms in total. The van der Waals surface area contributed by atoms with Crippen molar-refractivity contribution in [3.8, 4) is 11.8 Å². The fraction of sp³-hybridized carbons (Fsp3) is 0.250. The van der Waals surface area contributed by atoms with Gasteiger partial charge in [0.15, 0.2) is 5.82 Å². The van der Waals surface area contributed by atoms with Gasteiger partial charge in [-0.05, 0) is 42.5 Å². The predicted molar refractivity (Wildman–Crippen MR) is 108 cm³/mol. The van der Waals surface area contributed by atoms with E-state index in [0.29, 0.717) is 36.3 Å². The van der Waals surface area contributed by atoms with Crippen molar-refractivity contribution in [2.24, 2.45) is 0 Å². The van der Waals surface area contributed by atoms with Gasteiger partial charge in [0, 0.05) is 23.8 Å². The van der Waals surface area contributed by atoms with Gasteiger partial charge < -0.3 is 20.1 Å². The van der Waals surface area contributed by atoms with Crippen LogP contribution in [-0.4, -0.2) is 34.6 Å². The van der Waals surface area contributed by atoms with Crippen molar-refractivity contribution in [2.75, 3.05) is 25.0 Å². The van der Waals surface area contributed by atoms with Crippen LogP contribution in [0.1, 0.15) is 17.5 Å². The largest absolute Gasteiger partial charge is 0.424 e. The zero-order chi connectivity index (χ0) is 21.8. The molecule has 11 heteroatoms. The number of hydrogen-bond donors (Lipinski definition) is 2. The Morgan fingerprint density at radius 1 is 1.10 bits per heavy atom. The van der Waals surface area contributed by atoms with Gasteiger partial charge in [0.05, 0.1) is 12.2 Å². The highest BCUT2D eigenvalue weighted by Gasteiger charge is 2.30. The van der Waals surface area contributed by atoms with Crippen molar-refractivity contribution in [3.05, 3.63) is 64.9 Å². The zero-order valence-electron chi connectivity index (χ0n) is 16.0. The Kier molecular flexibility index (Phi) is 6.21. The van der Waals surface area contributed by atoms with E-state index >= 15 is 0 Å².